The van der Waals surface area contributed by atoms with Crippen molar-refractivity contribution in [1.82, 2.24) is 5.32 Å². The first-order chi connectivity index (χ1) is 14.6. The number of nitrogens with zero attached hydrogens (tertiary/aromatic N) is 1. The van der Waals surface area contributed by atoms with Gasteiger partial charge < -0.3 is 10.2 Å². The maximum Gasteiger partial charge on any atom is 0.258 e. The summed E-state index contributed by atoms with van der Waals surface area (Å²) < 4.78 is 0. The summed E-state index contributed by atoms with van der Waals surface area (Å²) >= 11 is 0. The number of rotatable bonds is 8. The first-order valence-electron chi connectivity index (χ1n) is 10.3. The van der Waals surface area contributed by atoms with Crippen LogP contribution in [0.3, 0.4) is 0 Å². The molecule has 0 bridgehead atoms. The molecule has 0 aliphatic carbocycles. The Balaban J connectivity index is 1.83. The van der Waals surface area contributed by atoms with E-state index in [1.165, 1.54) is 0 Å². The fourth-order valence-corrected chi connectivity index (χ4v) is 3.20. The molecule has 0 saturated heterocycles. The van der Waals surface area contributed by atoms with Gasteiger partial charge in [-0.25, -0.2) is 0 Å². The van der Waals surface area contributed by atoms with Crippen LogP contribution < -0.4 is 10.2 Å². The van der Waals surface area contributed by atoms with E-state index in [1.807, 2.05) is 92.7 Å². The molecule has 154 valence electrons. The van der Waals surface area contributed by atoms with Gasteiger partial charge in [0.15, 0.2) is 0 Å². The lowest BCUT2D eigenvalue weighted by atomic mass is 10.1. The minimum atomic E-state index is -0.0488. The van der Waals surface area contributed by atoms with Gasteiger partial charge in [-0.1, -0.05) is 67.1 Å². The van der Waals surface area contributed by atoms with Crippen LogP contribution in [0.5, 0.6) is 0 Å². The zero-order chi connectivity index (χ0) is 21.3. The third-order valence-corrected chi connectivity index (χ3v) is 4.91. The molecule has 0 aromatic heterocycles. The molecule has 1 N–H and O–H groups in total. The van der Waals surface area contributed by atoms with Gasteiger partial charge in [-0.05, 0) is 48.7 Å². The van der Waals surface area contributed by atoms with E-state index in [4.69, 9.17) is 0 Å². The average Bonchev–Trinajstić information content (AvgIpc) is 2.77. The normalized spacial score (nSPS) is 10.5. The van der Waals surface area contributed by atoms with Crippen molar-refractivity contribution >= 4 is 17.5 Å². The van der Waals surface area contributed by atoms with E-state index in [9.17, 15) is 9.59 Å². The number of hydrogen-bond acceptors (Lipinski definition) is 2. The van der Waals surface area contributed by atoms with E-state index in [0.29, 0.717) is 25.1 Å². The summed E-state index contributed by atoms with van der Waals surface area (Å²) in [5, 5.41) is 2.89. The van der Waals surface area contributed by atoms with Crippen molar-refractivity contribution in [2.24, 2.45) is 0 Å². The van der Waals surface area contributed by atoms with Crippen LogP contribution >= 0.6 is 0 Å². The molecule has 0 atom stereocenters. The number of hydrogen-bond donors (Lipinski definition) is 1. The molecule has 0 aliphatic rings. The summed E-state index contributed by atoms with van der Waals surface area (Å²) in [7, 11) is 0. The van der Waals surface area contributed by atoms with Crippen molar-refractivity contribution in [3.8, 4) is 0 Å². The quantitative estimate of drug-likeness (QED) is 0.584. The second-order valence-corrected chi connectivity index (χ2v) is 7.44. The molecule has 0 saturated carbocycles. The van der Waals surface area contributed by atoms with Crippen LogP contribution in [0, 0.1) is 6.92 Å². The Bertz CT molecular complexity index is 964. The highest BCUT2D eigenvalue weighted by atomic mass is 16.2. The van der Waals surface area contributed by atoms with Gasteiger partial charge in [-0.3, -0.25) is 9.59 Å². The molecule has 3 rings (SSSR count). The minimum absolute atomic E-state index is 0.0153. The molecule has 0 fully saturated rings. The van der Waals surface area contributed by atoms with E-state index in [-0.39, 0.29) is 11.8 Å². The Labute approximate surface area is 178 Å². The molecule has 0 spiro atoms. The Kier molecular flexibility index (Phi) is 7.39. The van der Waals surface area contributed by atoms with Crippen LogP contribution in [-0.2, 0) is 17.8 Å². The van der Waals surface area contributed by atoms with Crippen LogP contribution in [0.4, 0.5) is 5.69 Å². The Hall–Kier alpha value is -3.40. The highest BCUT2D eigenvalue weighted by Gasteiger charge is 2.18. The van der Waals surface area contributed by atoms with Crippen LogP contribution in [0.1, 0.15) is 40.4 Å². The zero-order valence-electron chi connectivity index (χ0n) is 17.6. The molecule has 30 heavy (non-hydrogen) atoms. The molecule has 3 aromatic rings. The third kappa shape index (κ3) is 5.80. The lowest BCUT2D eigenvalue weighted by Crippen LogP contribution is -2.30. The fraction of sp³-hybridized carbons (Fsp3) is 0.231. The number of carbonyl (C=O) groups is 2. The van der Waals surface area contributed by atoms with E-state index < -0.39 is 0 Å². The van der Waals surface area contributed by atoms with E-state index >= 15 is 0 Å². The summed E-state index contributed by atoms with van der Waals surface area (Å²) in [6.07, 6.45) is 1.26. The first-order valence-corrected chi connectivity index (χ1v) is 10.3. The largest absolute Gasteiger partial charge is 0.356 e. The summed E-state index contributed by atoms with van der Waals surface area (Å²) in [5.74, 6) is -0.0336. The van der Waals surface area contributed by atoms with Gasteiger partial charge in [0, 0.05) is 17.8 Å². The van der Waals surface area contributed by atoms with Gasteiger partial charge in [-0.15, -0.1) is 0 Å². The first kappa shape index (κ1) is 21.3. The summed E-state index contributed by atoms with van der Waals surface area (Å²) in [6, 6.07) is 25.2. The van der Waals surface area contributed by atoms with Crippen molar-refractivity contribution in [2.45, 2.75) is 33.2 Å². The smallest absolute Gasteiger partial charge is 0.258 e. The maximum absolute atomic E-state index is 13.3. The van der Waals surface area contributed by atoms with Gasteiger partial charge in [0.05, 0.1) is 13.0 Å². The van der Waals surface area contributed by atoms with Gasteiger partial charge in [-0.2, -0.15) is 0 Å². The van der Waals surface area contributed by atoms with Crippen molar-refractivity contribution in [3.05, 3.63) is 101 Å². The summed E-state index contributed by atoms with van der Waals surface area (Å²) in [4.78, 5) is 27.1. The van der Waals surface area contributed by atoms with Gasteiger partial charge in [0.25, 0.3) is 5.91 Å². The Morgan fingerprint density at radius 3 is 2.13 bits per heavy atom. The summed E-state index contributed by atoms with van der Waals surface area (Å²) in [6.45, 7) is 5.20. The number of carbonyl (C=O) groups excluding carboxylic acids is 2. The number of anilines is 1. The average molecular weight is 401 g/mol. The number of amides is 2. The monoisotopic (exact) mass is 400 g/mol. The van der Waals surface area contributed by atoms with Gasteiger partial charge >= 0.3 is 0 Å². The zero-order valence-corrected chi connectivity index (χ0v) is 17.6. The Morgan fingerprint density at radius 1 is 0.833 bits per heavy atom. The molecular weight excluding hydrogens is 372 g/mol. The lowest BCUT2D eigenvalue weighted by molar-refractivity contribution is -0.120. The molecule has 0 unspecified atom stereocenters. The lowest BCUT2D eigenvalue weighted by Gasteiger charge is -2.23. The number of nitrogens with one attached hydrogen (secondary N) is 1. The van der Waals surface area contributed by atoms with E-state index in [0.717, 1.165) is 28.8 Å². The Morgan fingerprint density at radius 2 is 1.50 bits per heavy atom. The van der Waals surface area contributed by atoms with Crippen LogP contribution in [-0.4, -0.2) is 18.4 Å². The molecule has 4 nitrogen and oxygen atoms in total. The molecule has 0 heterocycles. The van der Waals surface area contributed by atoms with Crippen LogP contribution in [0.15, 0.2) is 78.9 Å². The van der Waals surface area contributed by atoms with Crippen molar-refractivity contribution in [3.63, 3.8) is 0 Å². The standard InChI is InChI=1S/C26H28N2O2/c1-3-17-27-25(29)18-21-11-15-24(16-12-21)28(19-22-7-5-4-6-8-22)26(30)23-13-9-20(2)10-14-23/h4-16H,3,17-19H2,1-2H3,(H,27,29). The molecule has 2 amide bonds. The second-order valence-electron chi connectivity index (χ2n) is 7.44. The third-order valence-electron chi connectivity index (χ3n) is 4.91. The maximum atomic E-state index is 13.3. The van der Waals surface area contributed by atoms with Crippen LogP contribution in [0.2, 0.25) is 0 Å². The molecule has 3 aromatic carbocycles. The topological polar surface area (TPSA) is 49.4 Å². The highest BCUT2D eigenvalue weighted by Crippen LogP contribution is 2.21. The molecule has 4 heteroatoms. The highest BCUT2D eigenvalue weighted by molar-refractivity contribution is 6.06. The van der Waals surface area contributed by atoms with Gasteiger partial charge in [0.2, 0.25) is 5.91 Å². The van der Waals surface area contributed by atoms with E-state index in [2.05, 4.69) is 5.32 Å². The van der Waals surface area contributed by atoms with E-state index in [1.54, 1.807) is 4.90 Å². The molecule has 0 radical (unpaired) electrons. The van der Waals surface area contributed by atoms with Crippen molar-refractivity contribution in [1.29, 1.82) is 0 Å². The molecule has 0 aliphatic heterocycles. The van der Waals surface area contributed by atoms with Gasteiger partial charge in [0.1, 0.15) is 0 Å². The predicted molar refractivity (Wildman–Crippen MR) is 122 cm³/mol. The SMILES string of the molecule is CCCNC(=O)Cc1ccc(N(Cc2ccccc2)C(=O)c2ccc(C)cc2)cc1. The van der Waals surface area contributed by atoms with Crippen molar-refractivity contribution in [2.75, 3.05) is 11.4 Å². The predicted octanol–water partition coefficient (Wildman–Crippen LogP) is 4.91. The summed E-state index contributed by atoms with van der Waals surface area (Å²) in [5.41, 5.74) is 4.56. The second kappa shape index (κ2) is 10.4. The minimum Gasteiger partial charge on any atom is -0.356 e. The number of benzene rings is 3. The van der Waals surface area contributed by atoms with Crippen molar-refractivity contribution < 1.29 is 9.59 Å². The fourth-order valence-electron chi connectivity index (χ4n) is 3.20. The van der Waals surface area contributed by atoms with Crippen LogP contribution in [0.25, 0.3) is 0 Å². The molecular formula is C26H28N2O2. The number of aryl methyl sites for hydroxylation is 1.